The molecule has 1 fully saturated rings. The highest BCUT2D eigenvalue weighted by Gasteiger charge is 2.20. The van der Waals surface area contributed by atoms with E-state index in [4.69, 9.17) is 0 Å². The third-order valence-electron chi connectivity index (χ3n) is 3.70. The van der Waals surface area contributed by atoms with E-state index in [0.29, 0.717) is 6.04 Å². The fraction of sp³-hybridized carbons (Fsp3) is 0.600. The summed E-state index contributed by atoms with van der Waals surface area (Å²) in [5.74, 6) is 0.962. The van der Waals surface area contributed by atoms with E-state index in [0.717, 1.165) is 5.92 Å². The minimum Gasteiger partial charge on any atom is -0.381 e. The number of nitrogens with zero attached hydrogens (tertiary/aromatic N) is 1. The van der Waals surface area contributed by atoms with Gasteiger partial charge in [0.25, 0.3) is 0 Å². The Bertz CT molecular complexity index is 356. The third-order valence-corrected chi connectivity index (χ3v) is 3.70. The first-order valence-corrected chi connectivity index (χ1v) is 6.69. The maximum absolute atomic E-state index is 3.65. The van der Waals surface area contributed by atoms with Crippen LogP contribution in [-0.4, -0.2) is 20.1 Å². The summed E-state index contributed by atoms with van der Waals surface area (Å²) >= 11 is 0. The zero-order chi connectivity index (χ0) is 12.3. The molecule has 2 heteroatoms. The Hall–Kier alpha value is -1.18. The Morgan fingerprint density at radius 3 is 2.59 bits per heavy atom. The van der Waals surface area contributed by atoms with Crippen molar-refractivity contribution in [3.63, 3.8) is 0 Å². The van der Waals surface area contributed by atoms with Gasteiger partial charge in [-0.3, -0.25) is 0 Å². The summed E-state index contributed by atoms with van der Waals surface area (Å²) in [6, 6.07) is 9.11. The highest BCUT2D eigenvalue weighted by Crippen LogP contribution is 2.32. The number of benzene rings is 1. The van der Waals surface area contributed by atoms with E-state index in [2.05, 4.69) is 55.5 Å². The van der Waals surface area contributed by atoms with Crippen molar-refractivity contribution >= 4 is 11.4 Å². The molecule has 1 saturated carbocycles. The number of nitrogens with one attached hydrogen (secondary N) is 1. The van der Waals surface area contributed by atoms with Crippen molar-refractivity contribution in [3.8, 4) is 0 Å². The van der Waals surface area contributed by atoms with Crippen molar-refractivity contribution < 1.29 is 0 Å². The van der Waals surface area contributed by atoms with Gasteiger partial charge in [0.2, 0.25) is 0 Å². The van der Waals surface area contributed by atoms with Crippen molar-refractivity contribution in [1.29, 1.82) is 0 Å². The molecule has 2 rings (SSSR count). The van der Waals surface area contributed by atoms with Crippen LogP contribution >= 0.6 is 0 Å². The highest BCUT2D eigenvalue weighted by molar-refractivity contribution is 5.69. The third kappa shape index (κ3) is 3.15. The van der Waals surface area contributed by atoms with Crippen LogP contribution in [0.1, 0.15) is 32.6 Å². The van der Waals surface area contributed by atoms with Crippen molar-refractivity contribution in [2.45, 2.75) is 38.6 Å². The summed E-state index contributed by atoms with van der Waals surface area (Å²) in [6.07, 6.45) is 5.61. The summed E-state index contributed by atoms with van der Waals surface area (Å²) in [5.41, 5.74) is 2.53. The molecule has 0 aliphatic heterocycles. The van der Waals surface area contributed by atoms with Crippen molar-refractivity contribution in [1.82, 2.24) is 0 Å². The minimum atomic E-state index is 0.571. The highest BCUT2D eigenvalue weighted by atomic mass is 15.1. The largest absolute Gasteiger partial charge is 0.381 e. The first-order chi connectivity index (χ1) is 8.16. The molecule has 1 aromatic rings. The van der Waals surface area contributed by atoms with Gasteiger partial charge in [0, 0.05) is 20.1 Å². The lowest BCUT2D eigenvalue weighted by atomic mass is 9.81. The maximum atomic E-state index is 3.65. The van der Waals surface area contributed by atoms with E-state index >= 15 is 0 Å². The van der Waals surface area contributed by atoms with E-state index in [1.54, 1.807) is 0 Å². The van der Waals surface area contributed by atoms with Gasteiger partial charge in [-0.25, -0.2) is 0 Å². The Labute approximate surface area is 105 Å². The molecule has 17 heavy (non-hydrogen) atoms. The normalized spacial score (nSPS) is 17.4. The molecule has 0 heterocycles. The molecule has 94 valence electrons. The second-order valence-electron chi connectivity index (χ2n) is 5.49. The van der Waals surface area contributed by atoms with Crippen LogP contribution in [0.3, 0.4) is 0 Å². The summed E-state index contributed by atoms with van der Waals surface area (Å²) in [7, 11) is 4.19. The average Bonchev–Trinajstić information content (AvgIpc) is 2.24. The van der Waals surface area contributed by atoms with E-state index in [1.165, 1.54) is 37.1 Å². The molecule has 0 saturated heterocycles. The Balaban J connectivity index is 1.96. The van der Waals surface area contributed by atoms with Gasteiger partial charge < -0.3 is 10.2 Å². The van der Waals surface area contributed by atoms with Gasteiger partial charge >= 0.3 is 0 Å². The van der Waals surface area contributed by atoms with E-state index in [1.807, 2.05) is 0 Å². The molecule has 1 atom stereocenters. The van der Waals surface area contributed by atoms with Crippen LogP contribution < -0.4 is 10.2 Å². The lowest BCUT2D eigenvalue weighted by molar-refractivity contribution is 0.286. The standard InChI is InChI=1S/C15H24N2/c1-12(11-13-7-6-8-13)16-14-9-4-5-10-15(14)17(2)3/h4-5,9-10,12-13,16H,6-8,11H2,1-3H3. The van der Waals surface area contributed by atoms with E-state index in [-0.39, 0.29) is 0 Å². The van der Waals surface area contributed by atoms with Crippen LogP contribution in [0.4, 0.5) is 11.4 Å². The molecule has 1 aliphatic rings. The molecule has 0 bridgehead atoms. The fourth-order valence-corrected chi connectivity index (χ4v) is 2.54. The summed E-state index contributed by atoms with van der Waals surface area (Å²) < 4.78 is 0. The van der Waals surface area contributed by atoms with Crippen molar-refractivity contribution in [2.75, 3.05) is 24.3 Å². The predicted molar refractivity (Wildman–Crippen MR) is 75.8 cm³/mol. The molecule has 2 nitrogen and oxygen atoms in total. The number of hydrogen-bond donors (Lipinski definition) is 1. The topological polar surface area (TPSA) is 15.3 Å². The average molecular weight is 232 g/mol. The maximum Gasteiger partial charge on any atom is 0.0596 e. The zero-order valence-corrected chi connectivity index (χ0v) is 11.2. The molecule has 1 aliphatic carbocycles. The van der Waals surface area contributed by atoms with Gasteiger partial charge in [-0.05, 0) is 31.4 Å². The van der Waals surface area contributed by atoms with Gasteiger partial charge in [-0.2, -0.15) is 0 Å². The second-order valence-corrected chi connectivity index (χ2v) is 5.49. The smallest absolute Gasteiger partial charge is 0.0596 e. The van der Waals surface area contributed by atoms with Gasteiger partial charge in [0.05, 0.1) is 11.4 Å². The molecule has 0 radical (unpaired) electrons. The molecule has 1 unspecified atom stereocenters. The van der Waals surface area contributed by atoms with Gasteiger partial charge in [-0.1, -0.05) is 31.4 Å². The van der Waals surface area contributed by atoms with E-state index < -0.39 is 0 Å². The van der Waals surface area contributed by atoms with E-state index in [9.17, 15) is 0 Å². The van der Waals surface area contributed by atoms with Crippen LogP contribution in [0, 0.1) is 5.92 Å². The zero-order valence-electron chi connectivity index (χ0n) is 11.2. The first-order valence-electron chi connectivity index (χ1n) is 6.69. The molecule has 0 amide bonds. The first kappa shape index (κ1) is 12.3. The number of anilines is 2. The van der Waals surface area contributed by atoms with Crippen LogP contribution in [-0.2, 0) is 0 Å². The molecule has 0 aromatic heterocycles. The van der Waals surface area contributed by atoms with Crippen molar-refractivity contribution in [2.24, 2.45) is 5.92 Å². The second kappa shape index (κ2) is 5.44. The molecule has 0 spiro atoms. The van der Waals surface area contributed by atoms with Crippen LogP contribution in [0.5, 0.6) is 0 Å². The molecular weight excluding hydrogens is 208 g/mol. The quantitative estimate of drug-likeness (QED) is 0.832. The fourth-order valence-electron chi connectivity index (χ4n) is 2.54. The monoisotopic (exact) mass is 232 g/mol. The van der Waals surface area contributed by atoms with Gasteiger partial charge in [-0.15, -0.1) is 0 Å². The lowest BCUT2D eigenvalue weighted by Crippen LogP contribution is -2.24. The molecule has 1 N–H and O–H groups in total. The lowest BCUT2D eigenvalue weighted by Gasteiger charge is -2.29. The van der Waals surface area contributed by atoms with Gasteiger partial charge in [0.1, 0.15) is 0 Å². The van der Waals surface area contributed by atoms with Gasteiger partial charge in [0.15, 0.2) is 0 Å². The predicted octanol–water partition coefficient (Wildman–Crippen LogP) is 3.74. The molecule has 1 aromatic carbocycles. The Kier molecular flexibility index (Phi) is 3.93. The number of hydrogen-bond acceptors (Lipinski definition) is 2. The van der Waals surface area contributed by atoms with Crippen LogP contribution in [0.25, 0.3) is 0 Å². The minimum absolute atomic E-state index is 0.571. The Morgan fingerprint density at radius 1 is 1.29 bits per heavy atom. The summed E-state index contributed by atoms with van der Waals surface area (Å²) in [6.45, 7) is 2.30. The molecular formula is C15H24N2. The number of para-hydroxylation sites is 2. The summed E-state index contributed by atoms with van der Waals surface area (Å²) in [5, 5.41) is 3.65. The number of rotatable bonds is 5. The summed E-state index contributed by atoms with van der Waals surface area (Å²) in [4.78, 5) is 2.17. The van der Waals surface area contributed by atoms with Crippen molar-refractivity contribution in [3.05, 3.63) is 24.3 Å². The van der Waals surface area contributed by atoms with Crippen LogP contribution in [0.15, 0.2) is 24.3 Å². The Morgan fingerprint density at radius 2 is 2.00 bits per heavy atom. The van der Waals surface area contributed by atoms with Crippen LogP contribution in [0.2, 0.25) is 0 Å². The SMILES string of the molecule is CC(CC1CCC1)Nc1ccccc1N(C)C.